The number of carbonyl (C=O) groups is 1. The first-order chi connectivity index (χ1) is 16.2. The van der Waals surface area contributed by atoms with Crippen molar-refractivity contribution in [3.63, 3.8) is 0 Å². The van der Waals surface area contributed by atoms with Gasteiger partial charge in [0.05, 0.1) is 13.2 Å². The van der Waals surface area contributed by atoms with Crippen LogP contribution < -0.4 is 4.74 Å². The first-order valence-electron chi connectivity index (χ1n) is 12.4. The summed E-state index contributed by atoms with van der Waals surface area (Å²) in [6, 6.07) is 19.0. The molecule has 0 aromatic heterocycles. The summed E-state index contributed by atoms with van der Waals surface area (Å²) in [5, 5.41) is 0. The first-order valence-corrected chi connectivity index (χ1v) is 12.4. The molecule has 2 saturated heterocycles. The molecule has 2 heterocycles. The maximum atomic E-state index is 12.9. The van der Waals surface area contributed by atoms with Gasteiger partial charge in [0.2, 0.25) is 5.91 Å². The Morgan fingerprint density at radius 1 is 0.788 bits per heavy atom. The Hall–Kier alpha value is -2.41. The lowest BCUT2D eigenvalue weighted by Crippen LogP contribution is -2.53. The fourth-order valence-electron chi connectivity index (χ4n) is 4.72. The van der Waals surface area contributed by atoms with Gasteiger partial charge >= 0.3 is 0 Å². The quantitative estimate of drug-likeness (QED) is 0.587. The Kier molecular flexibility index (Phi) is 8.75. The maximum absolute atomic E-state index is 12.9. The van der Waals surface area contributed by atoms with Gasteiger partial charge in [0, 0.05) is 71.0 Å². The Balaban J connectivity index is 1.15. The normalized spacial score (nSPS) is 18.4. The van der Waals surface area contributed by atoms with E-state index in [0.717, 1.165) is 77.6 Å². The highest BCUT2D eigenvalue weighted by atomic mass is 16.5. The molecule has 2 aliphatic rings. The zero-order valence-electron chi connectivity index (χ0n) is 20.0. The number of ether oxygens (including phenoxy) is 1. The number of piperazine rings is 2. The Bertz CT molecular complexity index is 859. The summed E-state index contributed by atoms with van der Waals surface area (Å²) in [7, 11) is 0. The highest BCUT2D eigenvalue weighted by molar-refractivity contribution is 5.78. The molecule has 2 aromatic rings. The van der Waals surface area contributed by atoms with Crippen molar-refractivity contribution >= 4 is 5.91 Å². The van der Waals surface area contributed by atoms with Gasteiger partial charge in [-0.05, 0) is 25.0 Å². The van der Waals surface area contributed by atoms with Crippen molar-refractivity contribution < 1.29 is 9.53 Å². The molecule has 2 aromatic carbocycles. The molecule has 0 unspecified atom stereocenters. The molecule has 2 fully saturated rings. The molecular formula is C27H38N4O2. The molecule has 1 amide bonds. The zero-order chi connectivity index (χ0) is 22.9. The van der Waals surface area contributed by atoms with Crippen LogP contribution in [0.25, 0.3) is 0 Å². The van der Waals surface area contributed by atoms with E-state index in [-0.39, 0.29) is 5.91 Å². The standard InChI is InChI=1S/C27H38N4O2/c1-2-33-26-11-7-6-10-25(26)22-29-18-20-31(21-19-29)27(32)23-30-16-14-28(15-17-30)13-12-24-8-4-3-5-9-24/h3-11H,2,12-23H2,1H3. The van der Waals surface area contributed by atoms with Gasteiger partial charge in [-0.2, -0.15) is 0 Å². The molecular weight excluding hydrogens is 412 g/mol. The van der Waals surface area contributed by atoms with Gasteiger partial charge in [-0.1, -0.05) is 48.5 Å². The van der Waals surface area contributed by atoms with Crippen molar-refractivity contribution in [2.45, 2.75) is 19.9 Å². The van der Waals surface area contributed by atoms with Crippen LogP contribution in [0.4, 0.5) is 0 Å². The van der Waals surface area contributed by atoms with Gasteiger partial charge in [-0.25, -0.2) is 0 Å². The minimum atomic E-state index is 0.280. The Morgan fingerprint density at radius 2 is 1.42 bits per heavy atom. The molecule has 0 spiro atoms. The van der Waals surface area contributed by atoms with Crippen LogP contribution in [-0.2, 0) is 17.8 Å². The van der Waals surface area contributed by atoms with E-state index in [9.17, 15) is 4.79 Å². The van der Waals surface area contributed by atoms with Crippen molar-refractivity contribution in [2.75, 3.05) is 72.1 Å². The summed E-state index contributed by atoms with van der Waals surface area (Å²) >= 11 is 0. The molecule has 2 aliphatic heterocycles. The minimum Gasteiger partial charge on any atom is -0.494 e. The van der Waals surface area contributed by atoms with Crippen molar-refractivity contribution in [2.24, 2.45) is 0 Å². The third kappa shape index (κ3) is 7.03. The molecule has 4 rings (SSSR count). The van der Waals surface area contributed by atoms with Crippen LogP contribution in [-0.4, -0.2) is 97.6 Å². The number of para-hydroxylation sites is 1. The van der Waals surface area contributed by atoms with Crippen LogP contribution in [0.5, 0.6) is 5.75 Å². The summed E-state index contributed by atoms with van der Waals surface area (Å²) in [5.74, 6) is 1.25. The predicted octanol–water partition coefficient (Wildman–Crippen LogP) is 2.59. The van der Waals surface area contributed by atoms with Crippen LogP contribution in [0.3, 0.4) is 0 Å². The number of hydrogen-bond donors (Lipinski definition) is 0. The van der Waals surface area contributed by atoms with E-state index >= 15 is 0 Å². The number of nitrogens with zero attached hydrogens (tertiary/aromatic N) is 4. The number of rotatable bonds is 9. The molecule has 0 bridgehead atoms. The van der Waals surface area contributed by atoms with E-state index in [2.05, 4.69) is 57.2 Å². The lowest BCUT2D eigenvalue weighted by atomic mass is 10.1. The molecule has 0 aliphatic carbocycles. The lowest BCUT2D eigenvalue weighted by Gasteiger charge is -2.38. The van der Waals surface area contributed by atoms with E-state index in [4.69, 9.17) is 4.74 Å². The van der Waals surface area contributed by atoms with Gasteiger partial charge in [0.1, 0.15) is 5.75 Å². The Labute approximate surface area is 198 Å². The lowest BCUT2D eigenvalue weighted by molar-refractivity contribution is -0.134. The van der Waals surface area contributed by atoms with Crippen LogP contribution >= 0.6 is 0 Å². The molecule has 6 nitrogen and oxygen atoms in total. The molecule has 178 valence electrons. The van der Waals surface area contributed by atoms with Crippen LogP contribution in [0, 0.1) is 0 Å². The third-order valence-electron chi connectivity index (χ3n) is 6.77. The highest BCUT2D eigenvalue weighted by Gasteiger charge is 2.25. The van der Waals surface area contributed by atoms with Crippen LogP contribution in [0.2, 0.25) is 0 Å². The third-order valence-corrected chi connectivity index (χ3v) is 6.77. The maximum Gasteiger partial charge on any atom is 0.236 e. The van der Waals surface area contributed by atoms with E-state index < -0.39 is 0 Å². The zero-order valence-corrected chi connectivity index (χ0v) is 20.0. The molecule has 0 radical (unpaired) electrons. The predicted molar refractivity (Wildman–Crippen MR) is 132 cm³/mol. The second-order valence-corrected chi connectivity index (χ2v) is 9.05. The summed E-state index contributed by atoms with van der Waals surface area (Å²) in [6.45, 7) is 12.7. The van der Waals surface area contributed by atoms with Gasteiger partial charge in [0.15, 0.2) is 0 Å². The monoisotopic (exact) mass is 450 g/mol. The van der Waals surface area contributed by atoms with Crippen molar-refractivity contribution in [1.29, 1.82) is 0 Å². The van der Waals surface area contributed by atoms with Gasteiger partial charge < -0.3 is 14.5 Å². The topological polar surface area (TPSA) is 39.3 Å². The molecule has 0 N–H and O–H groups in total. The molecule has 33 heavy (non-hydrogen) atoms. The molecule has 0 atom stereocenters. The van der Waals surface area contributed by atoms with Crippen LogP contribution in [0.1, 0.15) is 18.1 Å². The van der Waals surface area contributed by atoms with E-state index in [0.29, 0.717) is 13.2 Å². The number of hydrogen-bond acceptors (Lipinski definition) is 5. The fourth-order valence-corrected chi connectivity index (χ4v) is 4.72. The Morgan fingerprint density at radius 3 is 2.15 bits per heavy atom. The van der Waals surface area contributed by atoms with Gasteiger partial charge in [-0.3, -0.25) is 14.6 Å². The number of amides is 1. The van der Waals surface area contributed by atoms with Crippen molar-refractivity contribution in [1.82, 2.24) is 19.6 Å². The van der Waals surface area contributed by atoms with Crippen LogP contribution in [0.15, 0.2) is 54.6 Å². The number of carbonyl (C=O) groups excluding carboxylic acids is 1. The largest absolute Gasteiger partial charge is 0.494 e. The van der Waals surface area contributed by atoms with Gasteiger partial charge in [0.25, 0.3) is 0 Å². The minimum absolute atomic E-state index is 0.280. The van der Waals surface area contributed by atoms with E-state index in [1.54, 1.807) is 0 Å². The van der Waals surface area contributed by atoms with E-state index in [1.165, 1.54) is 11.1 Å². The smallest absolute Gasteiger partial charge is 0.236 e. The summed E-state index contributed by atoms with van der Waals surface area (Å²) in [5.41, 5.74) is 2.62. The van der Waals surface area contributed by atoms with E-state index in [1.807, 2.05) is 24.0 Å². The van der Waals surface area contributed by atoms with Crippen molar-refractivity contribution in [3.8, 4) is 5.75 Å². The SMILES string of the molecule is CCOc1ccccc1CN1CCN(C(=O)CN2CCN(CCc3ccccc3)CC2)CC1. The molecule has 0 saturated carbocycles. The summed E-state index contributed by atoms with van der Waals surface area (Å²) in [6.07, 6.45) is 1.10. The first kappa shape index (κ1) is 23.7. The number of benzene rings is 2. The summed E-state index contributed by atoms with van der Waals surface area (Å²) in [4.78, 5) is 22.2. The molecule has 6 heteroatoms. The average molecular weight is 451 g/mol. The summed E-state index contributed by atoms with van der Waals surface area (Å²) < 4.78 is 5.77. The highest BCUT2D eigenvalue weighted by Crippen LogP contribution is 2.20. The average Bonchev–Trinajstić information content (AvgIpc) is 2.86. The second-order valence-electron chi connectivity index (χ2n) is 9.05. The second kappa shape index (κ2) is 12.2. The van der Waals surface area contributed by atoms with Crippen molar-refractivity contribution in [3.05, 3.63) is 65.7 Å². The fraction of sp³-hybridized carbons (Fsp3) is 0.519. The van der Waals surface area contributed by atoms with Gasteiger partial charge in [-0.15, -0.1) is 0 Å².